The number of ether oxygens (including phenoxy) is 1. The van der Waals surface area contributed by atoms with Gasteiger partial charge in [-0.05, 0) is 42.3 Å². The van der Waals surface area contributed by atoms with Gasteiger partial charge in [-0.25, -0.2) is 8.42 Å². The second-order valence-electron chi connectivity index (χ2n) is 6.50. The summed E-state index contributed by atoms with van der Waals surface area (Å²) in [6, 6.07) is 13.4. The average molecular weight is 417 g/mol. The molecule has 8 heteroatoms. The Bertz CT molecular complexity index is 1160. The van der Waals surface area contributed by atoms with Crippen molar-refractivity contribution in [3.63, 3.8) is 0 Å². The summed E-state index contributed by atoms with van der Waals surface area (Å²) in [5, 5.41) is 4.17. The largest absolute Gasteiger partial charge is 0.481 e. The third-order valence-electron chi connectivity index (χ3n) is 4.68. The van der Waals surface area contributed by atoms with Crippen molar-refractivity contribution >= 4 is 38.2 Å². The highest BCUT2D eigenvalue weighted by Crippen LogP contribution is 2.32. The van der Waals surface area contributed by atoms with E-state index in [0.29, 0.717) is 28.3 Å². The van der Waals surface area contributed by atoms with Gasteiger partial charge in [0.1, 0.15) is 11.3 Å². The van der Waals surface area contributed by atoms with E-state index < -0.39 is 9.84 Å². The van der Waals surface area contributed by atoms with Gasteiger partial charge in [-0.1, -0.05) is 29.8 Å². The Morgan fingerprint density at radius 2 is 2.00 bits per heavy atom. The van der Waals surface area contributed by atoms with E-state index in [9.17, 15) is 13.2 Å². The fraction of sp³-hybridized carbons (Fsp3) is 0.200. The van der Waals surface area contributed by atoms with E-state index in [0.717, 1.165) is 5.39 Å². The lowest BCUT2D eigenvalue weighted by Gasteiger charge is -2.26. The van der Waals surface area contributed by atoms with Crippen LogP contribution in [0.3, 0.4) is 0 Å². The van der Waals surface area contributed by atoms with Crippen LogP contribution in [0.2, 0.25) is 5.02 Å². The zero-order valence-corrected chi connectivity index (χ0v) is 16.3. The van der Waals surface area contributed by atoms with Gasteiger partial charge in [0.05, 0.1) is 21.7 Å². The number of hydrogen-bond acceptors (Lipinski definition) is 5. The molecular formula is C20H17ClN2O4S. The molecule has 1 aliphatic heterocycles. The Hall–Kier alpha value is -2.64. The SMILES string of the molecule is O=C(COc1ccc(Cl)c2cccnc12)NC1CCS(=O)(=O)c2ccccc21. The summed E-state index contributed by atoms with van der Waals surface area (Å²) in [5.41, 5.74) is 1.19. The molecule has 0 fully saturated rings. The summed E-state index contributed by atoms with van der Waals surface area (Å²) in [4.78, 5) is 17.0. The monoisotopic (exact) mass is 416 g/mol. The lowest BCUT2D eigenvalue weighted by Crippen LogP contribution is -2.36. The van der Waals surface area contributed by atoms with Crippen LogP contribution in [0.4, 0.5) is 0 Å². The number of halogens is 1. The van der Waals surface area contributed by atoms with Crippen LogP contribution < -0.4 is 10.1 Å². The number of carbonyl (C=O) groups is 1. The molecule has 0 spiro atoms. The average Bonchev–Trinajstić information content (AvgIpc) is 2.70. The first kappa shape index (κ1) is 18.7. The third kappa shape index (κ3) is 3.55. The second-order valence-corrected chi connectivity index (χ2v) is 8.98. The molecule has 4 rings (SSSR count). The van der Waals surface area contributed by atoms with E-state index in [4.69, 9.17) is 16.3 Å². The van der Waals surface area contributed by atoms with Crippen LogP contribution in [-0.2, 0) is 14.6 Å². The smallest absolute Gasteiger partial charge is 0.258 e. The number of rotatable bonds is 4. The number of nitrogens with one attached hydrogen (secondary N) is 1. The van der Waals surface area contributed by atoms with E-state index in [1.165, 1.54) is 0 Å². The van der Waals surface area contributed by atoms with Gasteiger partial charge in [0.15, 0.2) is 16.4 Å². The van der Waals surface area contributed by atoms with Crippen molar-refractivity contribution in [3.05, 3.63) is 65.3 Å². The van der Waals surface area contributed by atoms with E-state index in [-0.39, 0.29) is 29.2 Å². The van der Waals surface area contributed by atoms with Gasteiger partial charge in [0.25, 0.3) is 5.91 Å². The number of aromatic nitrogens is 1. The molecule has 1 atom stereocenters. The Morgan fingerprint density at radius 1 is 1.18 bits per heavy atom. The summed E-state index contributed by atoms with van der Waals surface area (Å²) in [5.74, 6) is 0.126. The number of fused-ring (bicyclic) bond motifs is 2. The van der Waals surface area contributed by atoms with Crippen LogP contribution in [0.25, 0.3) is 10.9 Å². The van der Waals surface area contributed by atoms with Crippen molar-refractivity contribution in [1.82, 2.24) is 10.3 Å². The van der Waals surface area contributed by atoms with Crippen LogP contribution >= 0.6 is 11.6 Å². The molecule has 1 aliphatic rings. The number of hydrogen-bond donors (Lipinski definition) is 1. The first-order valence-electron chi connectivity index (χ1n) is 8.73. The summed E-state index contributed by atoms with van der Waals surface area (Å²) in [7, 11) is -3.30. The zero-order chi connectivity index (χ0) is 19.7. The van der Waals surface area contributed by atoms with Crippen LogP contribution in [0.15, 0.2) is 59.6 Å². The summed E-state index contributed by atoms with van der Waals surface area (Å²) in [6.45, 7) is -0.210. The van der Waals surface area contributed by atoms with Crippen LogP contribution in [0.5, 0.6) is 5.75 Å². The predicted molar refractivity (Wildman–Crippen MR) is 106 cm³/mol. The number of pyridine rings is 1. The molecule has 1 unspecified atom stereocenters. The van der Waals surface area contributed by atoms with Crippen molar-refractivity contribution in [2.75, 3.05) is 12.4 Å². The van der Waals surface area contributed by atoms with Crippen LogP contribution in [0, 0.1) is 0 Å². The van der Waals surface area contributed by atoms with Crippen molar-refractivity contribution in [1.29, 1.82) is 0 Å². The van der Waals surface area contributed by atoms with Gasteiger partial charge in [-0.3, -0.25) is 9.78 Å². The highest BCUT2D eigenvalue weighted by Gasteiger charge is 2.30. The van der Waals surface area contributed by atoms with Crippen molar-refractivity contribution < 1.29 is 17.9 Å². The summed E-state index contributed by atoms with van der Waals surface area (Å²) >= 11 is 6.17. The fourth-order valence-corrected chi connectivity index (χ4v) is 5.18. The van der Waals surface area contributed by atoms with E-state index in [2.05, 4.69) is 10.3 Å². The molecule has 0 radical (unpaired) electrons. The van der Waals surface area contributed by atoms with Gasteiger partial charge in [0.2, 0.25) is 0 Å². The molecular weight excluding hydrogens is 400 g/mol. The maximum atomic E-state index is 12.4. The molecule has 1 N–H and O–H groups in total. The number of carbonyl (C=O) groups excluding carboxylic acids is 1. The zero-order valence-electron chi connectivity index (χ0n) is 14.8. The molecule has 144 valence electrons. The van der Waals surface area contributed by atoms with Gasteiger partial charge in [0, 0.05) is 11.6 Å². The molecule has 3 aromatic rings. The van der Waals surface area contributed by atoms with Crippen molar-refractivity contribution in [3.8, 4) is 5.75 Å². The second kappa shape index (κ2) is 7.41. The normalized spacial score (nSPS) is 17.7. The van der Waals surface area contributed by atoms with E-state index >= 15 is 0 Å². The minimum absolute atomic E-state index is 0.00155. The minimum Gasteiger partial charge on any atom is -0.481 e. The van der Waals surface area contributed by atoms with Crippen molar-refractivity contribution in [2.45, 2.75) is 17.4 Å². The maximum Gasteiger partial charge on any atom is 0.258 e. The number of nitrogens with zero attached hydrogens (tertiary/aromatic N) is 1. The lowest BCUT2D eigenvalue weighted by molar-refractivity contribution is -0.123. The molecule has 2 aromatic carbocycles. The number of benzene rings is 2. The standard InChI is InChI=1S/C20H17ClN2O4S/c21-15-7-8-17(20-13(15)5-3-10-22-20)27-12-19(24)23-16-9-11-28(25,26)18-6-2-1-4-14(16)18/h1-8,10,16H,9,11-12H2,(H,23,24). The van der Waals surface area contributed by atoms with Crippen molar-refractivity contribution in [2.24, 2.45) is 0 Å². The van der Waals surface area contributed by atoms with Gasteiger partial charge >= 0.3 is 0 Å². The van der Waals surface area contributed by atoms with Gasteiger partial charge < -0.3 is 10.1 Å². The fourth-order valence-electron chi connectivity index (χ4n) is 3.35. The molecule has 1 amide bonds. The Kier molecular flexibility index (Phi) is 4.95. The third-order valence-corrected chi connectivity index (χ3v) is 6.82. The lowest BCUT2D eigenvalue weighted by atomic mass is 10.0. The number of amides is 1. The van der Waals surface area contributed by atoms with Crippen LogP contribution in [-0.4, -0.2) is 31.7 Å². The molecule has 0 aliphatic carbocycles. The number of sulfone groups is 1. The van der Waals surface area contributed by atoms with E-state index in [1.807, 2.05) is 6.07 Å². The van der Waals surface area contributed by atoms with Gasteiger partial charge in [-0.15, -0.1) is 0 Å². The van der Waals surface area contributed by atoms with Gasteiger partial charge in [-0.2, -0.15) is 0 Å². The Balaban J connectivity index is 1.49. The molecule has 0 saturated carbocycles. The predicted octanol–water partition coefficient (Wildman–Crippen LogP) is 3.30. The first-order chi connectivity index (χ1) is 13.5. The molecule has 1 aromatic heterocycles. The molecule has 6 nitrogen and oxygen atoms in total. The molecule has 2 heterocycles. The maximum absolute atomic E-state index is 12.4. The molecule has 0 bridgehead atoms. The highest BCUT2D eigenvalue weighted by atomic mass is 35.5. The highest BCUT2D eigenvalue weighted by molar-refractivity contribution is 7.91. The molecule has 28 heavy (non-hydrogen) atoms. The van der Waals surface area contributed by atoms with Crippen LogP contribution in [0.1, 0.15) is 18.0 Å². The Morgan fingerprint density at radius 3 is 2.86 bits per heavy atom. The summed E-state index contributed by atoms with van der Waals surface area (Å²) in [6.07, 6.45) is 1.96. The van der Waals surface area contributed by atoms with E-state index in [1.54, 1.807) is 48.7 Å². The summed E-state index contributed by atoms with van der Waals surface area (Å²) < 4.78 is 30.1. The Labute approximate surface area is 167 Å². The topological polar surface area (TPSA) is 85.4 Å². The molecule has 0 saturated heterocycles. The first-order valence-corrected chi connectivity index (χ1v) is 10.8. The minimum atomic E-state index is -3.30. The quantitative estimate of drug-likeness (QED) is 0.705.